The molecule has 9 nitrogen and oxygen atoms in total. The van der Waals surface area contributed by atoms with E-state index < -0.39 is 40.3 Å². The number of ether oxygens (including phenoxy) is 4. The number of fused-ring (bicyclic) bond motifs is 2. The van der Waals surface area contributed by atoms with Gasteiger partial charge in [-0.25, -0.2) is 9.59 Å². The molecule has 9 heteroatoms. The zero-order chi connectivity index (χ0) is 37.1. The van der Waals surface area contributed by atoms with Crippen LogP contribution in [0.1, 0.15) is 104 Å². The van der Waals surface area contributed by atoms with Gasteiger partial charge in [0.05, 0.1) is 11.0 Å². The molecule has 1 saturated heterocycles. The van der Waals surface area contributed by atoms with Gasteiger partial charge in [-0.05, 0) is 99.8 Å². The molecule has 282 valence electrons. The smallest absolute Gasteiger partial charge is 0.413 e. The van der Waals surface area contributed by atoms with Gasteiger partial charge in [0, 0.05) is 36.6 Å². The highest BCUT2D eigenvalue weighted by atomic mass is 16.6. The van der Waals surface area contributed by atoms with Crippen LogP contribution in [0.15, 0.2) is 42.5 Å². The lowest BCUT2D eigenvalue weighted by atomic mass is 9.30. The molecule has 2 aromatic carbocycles. The number of rotatable bonds is 10. The van der Waals surface area contributed by atoms with Crippen LogP contribution in [0.3, 0.4) is 0 Å². The quantitative estimate of drug-likeness (QED) is 0.255. The molecule has 2 aromatic rings. The second kappa shape index (κ2) is 11.9. The number of nitrogens with one attached hydrogen (secondary N) is 1. The van der Waals surface area contributed by atoms with Crippen molar-refractivity contribution in [3.8, 4) is 11.5 Å². The lowest BCUT2D eigenvalue weighted by Crippen LogP contribution is -2.87. The Morgan fingerprint density at radius 2 is 1.79 bits per heavy atom. The second-order valence-corrected chi connectivity index (χ2v) is 18.6. The van der Waals surface area contributed by atoms with Crippen molar-refractivity contribution in [1.29, 1.82) is 0 Å². The Kier molecular flexibility index (Phi) is 8.23. The maximum absolute atomic E-state index is 13.7. The van der Waals surface area contributed by atoms with Crippen molar-refractivity contribution in [3.05, 3.63) is 59.2 Å². The SMILES string of the molecule is CO[C@]12CC[C@@]3(C[C@@H]1[C@@](C)(O)C(C)(C)C)[C@H]1Cc4ccc(OC(=O)N[C@@H](C(=O)OCc5ccccc5)C(C)C)c5c4[C@@]3(CCN1CC1CC1)[C@]2(C)O5. The number of esters is 1. The van der Waals surface area contributed by atoms with Gasteiger partial charge in [-0.1, -0.05) is 71.0 Å². The van der Waals surface area contributed by atoms with Gasteiger partial charge < -0.3 is 29.4 Å². The number of amides is 1. The number of benzene rings is 2. The van der Waals surface area contributed by atoms with Gasteiger partial charge in [-0.15, -0.1) is 0 Å². The lowest BCUT2D eigenvalue weighted by molar-refractivity contribution is -0.345. The Balaban J connectivity index is 1.17. The van der Waals surface area contributed by atoms with Gasteiger partial charge in [-0.3, -0.25) is 4.90 Å². The Bertz CT molecular complexity index is 1750. The second-order valence-electron chi connectivity index (χ2n) is 18.6. The van der Waals surface area contributed by atoms with E-state index in [-0.39, 0.29) is 29.3 Å². The standard InChI is InChI=1S/C43H58N2O7/c1-26(2)34(36(46)50-25-28-12-10-9-11-13-28)44-37(47)51-30-17-16-29-22-32-41-18-19-43(49-8,31(23-41)39(6,48)38(3,4)5)40(7)42(41,33(29)35(30)52-40)20-21-45(32)24-27-14-15-27/h9-13,16-17,26-27,31-32,34,48H,14-15,18-25H2,1-8H3,(H,44,47)/t31-,32-,34-,39-,40+,41-,42+,43-/m1/s1. The van der Waals surface area contributed by atoms with Crippen LogP contribution in [0.4, 0.5) is 4.79 Å². The van der Waals surface area contributed by atoms with Gasteiger partial charge in [-0.2, -0.15) is 0 Å². The fourth-order valence-electron chi connectivity index (χ4n) is 11.9. The molecule has 4 saturated carbocycles. The van der Waals surface area contributed by atoms with E-state index in [0.29, 0.717) is 17.5 Å². The van der Waals surface area contributed by atoms with E-state index in [0.717, 1.165) is 56.7 Å². The summed E-state index contributed by atoms with van der Waals surface area (Å²) >= 11 is 0. The van der Waals surface area contributed by atoms with Gasteiger partial charge in [0.1, 0.15) is 23.9 Å². The summed E-state index contributed by atoms with van der Waals surface area (Å²) in [4.78, 5) is 29.7. The fourth-order valence-corrected chi connectivity index (χ4v) is 11.9. The van der Waals surface area contributed by atoms with Crippen LogP contribution in [-0.4, -0.2) is 71.2 Å². The van der Waals surface area contributed by atoms with Gasteiger partial charge >= 0.3 is 12.1 Å². The minimum atomic E-state index is -1.05. The van der Waals surface area contributed by atoms with Gasteiger partial charge in [0.2, 0.25) is 0 Å². The summed E-state index contributed by atoms with van der Waals surface area (Å²) in [7, 11) is 1.80. The van der Waals surface area contributed by atoms with Crippen molar-refractivity contribution in [2.24, 2.45) is 28.6 Å². The summed E-state index contributed by atoms with van der Waals surface area (Å²) in [6, 6.07) is 12.9. The van der Waals surface area contributed by atoms with Crippen LogP contribution in [0.2, 0.25) is 0 Å². The molecule has 2 N–H and O–H groups in total. The summed E-state index contributed by atoms with van der Waals surface area (Å²) in [5.74, 6) is 0.806. The number of carbonyl (C=O) groups is 2. The molecule has 5 fully saturated rings. The molecule has 5 aliphatic carbocycles. The van der Waals surface area contributed by atoms with Crippen LogP contribution in [0.5, 0.6) is 11.5 Å². The maximum atomic E-state index is 13.7. The summed E-state index contributed by atoms with van der Waals surface area (Å²) in [5.41, 5.74) is -0.311. The Morgan fingerprint density at radius 3 is 2.44 bits per heavy atom. The number of methoxy groups -OCH3 is 1. The molecule has 7 aliphatic rings. The first-order chi connectivity index (χ1) is 24.5. The zero-order valence-electron chi connectivity index (χ0n) is 32.3. The topological polar surface area (TPSA) is 107 Å². The first kappa shape index (κ1) is 35.9. The van der Waals surface area contributed by atoms with Crippen LogP contribution < -0.4 is 14.8 Å². The van der Waals surface area contributed by atoms with E-state index >= 15 is 0 Å². The molecule has 2 spiro atoms. The van der Waals surface area contributed by atoms with E-state index in [4.69, 9.17) is 18.9 Å². The molecule has 9 rings (SSSR count). The van der Waals surface area contributed by atoms with Crippen molar-refractivity contribution in [3.63, 3.8) is 0 Å². The monoisotopic (exact) mass is 714 g/mol. The third kappa shape index (κ3) is 4.76. The number of piperidine rings is 1. The van der Waals surface area contributed by atoms with Gasteiger partial charge in [0.15, 0.2) is 11.5 Å². The van der Waals surface area contributed by atoms with E-state index in [1.807, 2.05) is 57.2 Å². The summed E-state index contributed by atoms with van der Waals surface area (Å²) in [5, 5.41) is 15.4. The lowest BCUT2D eigenvalue weighted by Gasteiger charge is -2.78. The number of carbonyl (C=O) groups excluding carboxylic acids is 2. The number of nitrogens with zero attached hydrogens (tertiary/aromatic N) is 1. The van der Waals surface area contributed by atoms with Crippen LogP contribution >= 0.6 is 0 Å². The molecule has 0 unspecified atom stereocenters. The highest BCUT2D eigenvalue weighted by molar-refractivity contribution is 5.83. The van der Waals surface area contributed by atoms with Crippen molar-refractivity contribution in [2.45, 2.75) is 134 Å². The van der Waals surface area contributed by atoms with Crippen LogP contribution in [0, 0.1) is 28.6 Å². The molecule has 0 aromatic heterocycles. The predicted octanol–water partition coefficient (Wildman–Crippen LogP) is 6.95. The molecule has 4 bridgehead atoms. The minimum Gasteiger partial charge on any atom is -0.479 e. The highest BCUT2D eigenvalue weighted by Gasteiger charge is 2.87. The van der Waals surface area contributed by atoms with E-state index in [1.54, 1.807) is 7.11 Å². The number of aliphatic hydroxyl groups is 1. The Labute approximate surface area is 309 Å². The van der Waals surface area contributed by atoms with Crippen LogP contribution in [0.25, 0.3) is 0 Å². The van der Waals surface area contributed by atoms with E-state index in [1.165, 1.54) is 24.0 Å². The normalized spacial score (nSPS) is 34.6. The third-order valence-electron chi connectivity index (χ3n) is 15.1. The fraction of sp³-hybridized carbons (Fsp3) is 0.674. The first-order valence-electron chi connectivity index (χ1n) is 19.6. The molecule has 2 heterocycles. The number of hydrogen-bond acceptors (Lipinski definition) is 8. The zero-order valence-corrected chi connectivity index (χ0v) is 32.3. The van der Waals surface area contributed by atoms with Crippen LogP contribution in [-0.2, 0) is 32.7 Å². The summed E-state index contributed by atoms with van der Waals surface area (Å²) in [6.07, 6.45) is 6.33. The van der Waals surface area contributed by atoms with Crippen molar-refractivity contribution in [2.75, 3.05) is 20.2 Å². The maximum Gasteiger partial charge on any atom is 0.413 e. The molecular weight excluding hydrogens is 656 g/mol. The molecule has 8 atom stereocenters. The van der Waals surface area contributed by atoms with E-state index in [9.17, 15) is 14.7 Å². The van der Waals surface area contributed by atoms with E-state index in [2.05, 4.69) is 44.0 Å². The average Bonchev–Trinajstić information content (AvgIpc) is 3.87. The van der Waals surface area contributed by atoms with Gasteiger partial charge in [0.25, 0.3) is 0 Å². The predicted molar refractivity (Wildman–Crippen MR) is 197 cm³/mol. The summed E-state index contributed by atoms with van der Waals surface area (Å²) < 4.78 is 26.0. The molecular formula is C43H58N2O7. The highest BCUT2D eigenvalue weighted by Crippen LogP contribution is 2.81. The largest absolute Gasteiger partial charge is 0.479 e. The van der Waals surface area contributed by atoms with Crippen molar-refractivity contribution >= 4 is 12.1 Å². The Hall–Kier alpha value is -3.14. The van der Waals surface area contributed by atoms with Crippen molar-refractivity contribution < 1.29 is 33.6 Å². The molecule has 2 aliphatic heterocycles. The third-order valence-corrected chi connectivity index (χ3v) is 15.1. The number of likely N-dealkylation sites (tertiary alicyclic amines) is 1. The first-order valence-corrected chi connectivity index (χ1v) is 19.6. The molecule has 1 amide bonds. The average molecular weight is 715 g/mol. The number of hydrogen-bond donors (Lipinski definition) is 2. The van der Waals surface area contributed by atoms with Crippen molar-refractivity contribution in [1.82, 2.24) is 10.2 Å². The molecule has 0 radical (unpaired) electrons. The summed E-state index contributed by atoms with van der Waals surface area (Å²) in [6.45, 7) is 16.6. The minimum absolute atomic E-state index is 0.119. The molecule has 52 heavy (non-hydrogen) atoms. The Morgan fingerprint density at radius 1 is 1.06 bits per heavy atom.